The van der Waals surface area contributed by atoms with E-state index in [0.29, 0.717) is 25.5 Å². The molecule has 138 valence electrons. The summed E-state index contributed by atoms with van der Waals surface area (Å²) in [6.45, 7) is 4.76. The van der Waals surface area contributed by atoms with Crippen LogP contribution in [0.3, 0.4) is 0 Å². The number of rotatable bonds is 6. The van der Waals surface area contributed by atoms with E-state index in [4.69, 9.17) is 9.15 Å². The van der Waals surface area contributed by atoms with Crippen molar-refractivity contribution in [1.29, 1.82) is 0 Å². The van der Waals surface area contributed by atoms with E-state index < -0.39 is 0 Å². The second-order valence-electron chi connectivity index (χ2n) is 5.72. The lowest BCUT2D eigenvalue weighted by Gasteiger charge is -2.33. The van der Waals surface area contributed by atoms with Crippen molar-refractivity contribution in [2.24, 2.45) is 10.9 Å². The summed E-state index contributed by atoms with van der Waals surface area (Å²) in [7, 11) is 1.72. The summed E-state index contributed by atoms with van der Waals surface area (Å²) < 4.78 is 10.1. The summed E-state index contributed by atoms with van der Waals surface area (Å²) in [5.41, 5.74) is 0. The topological polar surface area (TPSA) is 96.2 Å². The molecule has 1 fully saturated rings. The van der Waals surface area contributed by atoms with Crippen LogP contribution >= 0.6 is 0 Å². The van der Waals surface area contributed by atoms with Crippen molar-refractivity contribution in [3.63, 3.8) is 0 Å². The van der Waals surface area contributed by atoms with Crippen LogP contribution in [0.5, 0.6) is 0 Å². The molecule has 25 heavy (non-hydrogen) atoms. The van der Waals surface area contributed by atoms with Gasteiger partial charge in [0.25, 0.3) is 5.91 Å². The molecule has 1 aliphatic heterocycles. The third-order valence-electron chi connectivity index (χ3n) is 4.06. The van der Waals surface area contributed by atoms with Gasteiger partial charge >= 0.3 is 5.97 Å². The van der Waals surface area contributed by atoms with Crippen LogP contribution in [0.2, 0.25) is 0 Å². The van der Waals surface area contributed by atoms with Gasteiger partial charge in [-0.1, -0.05) is 0 Å². The van der Waals surface area contributed by atoms with Gasteiger partial charge in [0.15, 0.2) is 11.7 Å². The van der Waals surface area contributed by atoms with Gasteiger partial charge in [0.2, 0.25) is 0 Å². The minimum atomic E-state index is -0.239. The van der Waals surface area contributed by atoms with Crippen LogP contribution < -0.4 is 10.6 Å². The minimum Gasteiger partial charge on any atom is -0.466 e. The number of carbonyl (C=O) groups is 2. The predicted octanol–water partition coefficient (Wildman–Crippen LogP) is 0.860. The molecule has 2 N–H and O–H groups in total. The molecular weight excluding hydrogens is 324 g/mol. The maximum atomic E-state index is 11.8. The number of carbonyl (C=O) groups excluding carboxylic acids is 2. The van der Waals surface area contributed by atoms with Gasteiger partial charge in [-0.05, 0) is 31.9 Å². The maximum Gasteiger partial charge on any atom is 0.309 e. The van der Waals surface area contributed by atoms with Gasteiger partial charge in [0.05, 0.1) is 18.8 Å². The normalized spacial score (nSPS) is 15.8. The second-order valence-corrected chi connectivity index (χ2v) is 5.72. The average Bonchev–Trinajstić information content (AvgIpc) is 3.17. The Hall–Kier alpha value is -2.51. The number of furan rings is 1. The van der Waals surface area contributed by atoms with Gasteiger partial charge in [0, 0.05) is 33.2 Å². The fraction of sp³-hybridized carbons (Fsp3) is 0.588. The SMILES string of the molecule is CCOC(=O)C1CCN(C(=NC)NCCNC(=O)c2ccco2)CC1. The van der Waals surface area contributed by atoms with Gasteiger partial charge in [-0.2, -0.15) is 0 Å². The molecule has 1 amide bonds. The number of likely N-dealkylation sites (tertiary alicyclic amines) is 1. The summed E-state index contributed by atoms with van der Waals surface area (Å²) in [6, 6.07) is 3.30. The standard InChI is InChI=1S/C17H26N4O4/c1-3-24-16(23)13-6-10-21(11-7-13)17(18-2)20-9-8-19-15(22)14-5-4-12-25-14/h4-5,12-13H,3,6-11H2,1-2H3,(H,18,20)(H,19,22). The van der Waals surface area contributed by atoms with Crippen LogP contribution in [0.1, 0.15) is 30.3 Å². The Morgan fingerprint density at radius 1 is 1.32 bits per heavy atom. The van der Waals surface area contributed by atoms with E-state index in [0.717, 1.165) is 31.9 Å². The van der Waals surface area contributed by atoms with Gasteiger partial charge in [-0.15, -0.1) is 0 Å². The van der Waals surface area contributed by atoms with E-state index in [2.05, 4.69) is 20.5 Å². The molecule has 0 bridgehead atoms. The van der Waals surface area contributed by atoms with Crippen LogP contribution in [0, 0.1) is 5.92 Å². The third kappa shape index (κ3) is 5.51. The highest BCUT2D eigenvalue weighted by Gasteiger charge is 2.27. The molecular formula is C17H26N4O4. The summed E-state index contributed by atoms with van der Waals surface area (Å²) in [5.74, 6) is 0.699. The van der Waals surface area contributed by atoms with Crippen molar-refractivity contribution in [3.8, 4) is 0 Å². The van der Waals surface area contributed by atoms with E-state index in [9.17, 15) is 9.59 Å². The van der Waals surface area contributed by atoms with Gasteiger partial charge in [-0.25, -0.2) is 0 Å². The molecule has 0 radical (unpaired) electrons. The number of hydrogen-bond acceptors (Lipinski definition) is 5. The molecule has 1 aromatic rings. The van der Waals surface area contributed by atoms with Crippen molar-refractivity contribution in [1.82, 2.24) is 15.5 Å². The Bertz CT molecular complexity index is 577. The number of nitrogens with zero attached hydrogens (tertiary/aromatic N) is 2. The molecule has 8 heteroatoms. The zero-order valence-electron chi connectivity index (χ0n) is 14.8. The number of esters is 1. The monoisotopic (exact) mass is 350 g/mol. The number of amides is 1. The largest absolute Gasteiger partial charge is 0.466 e. The third-order valence-corrected chi connectivity index (χ3v) is 4.06. The van der Waals surface area contributed by atoms with Crippen molar-refractivity contribution in [2.45, 2.75) is 19.8 Å². The Kier molecular flexibility index (Phi) is 7.31. The fourth-order valence-corrected chi connectivity index (χ4v) is 2.76. The van der Waals surface area contributed by atoms with E-state index >= 15 is 0 Å². The molecule has 2 heterocycles. The Morgan fingerprint density at radius 3 is 2.64 bits per heavy atom. The summed E-state index contributed by atoms with van der Waals surface area (Å²) >= 11 is 0. The predicted molar refractivity (Wildman–Crippen MR) is 93.3 cm³/mol. The summed E-state index contributed by atoms with van der Waals surface area (Å²) in [6.07, 6.45) is 2.98. The molecule has 0 aromatic carbocycles. The number of aliphatic imine (C=N–C) groups is 1. The van der Waals surface area contributed by atoms with Crippen molar-refractivity contribution in [3.05, 3.63) is 24.2 Å². The molecule has 1 aromatic heterocycles. The Labute approximate surface area is 147 Å². The van der Waals surface area contributed by atoms with Crippen LogP contribution in [0.4, 0.5) is 0 Å². The Morgan fingerprint density at radius 2 is 2.04 bits per heavy atom. The minimum absolute atomic E-state index is 0.0260. The van der Waals surface area contributed by atoms with E-state index in [1.54, 1.807) is 19.2 Å². The van der Waals surface area contributed by atoms with Crippen molar-refractivity contribution in [2.75, 3.05) is 39.8 Å². The molecule has 0 atom stereocenters. The van der Waals surface area contributed by atoms with Crippen LogP contribution in [-0.4, -0.2) is 62.6 Å². The molecule has 2 rings (SSSR count). The van der Waals surface area contributed by atoms with Crippen molar-refractivity contribution >= 4 is 17.8 Å². The van der Waals surface area contributed by atoms with E-state index in [1.165, 1.54) is 6.26 Å². The van der Waals surface area contributed by atoms with Crippen LogP contribution in [0.15, 0.2) is 27.8 Å². The quantitative estimate of drug-likeness (QED) is 0.342. The Balaban J connectivity index is 1.69. The lowest BCUT2D eigenvalue weighted by Crippen LogP contribution is -2.48. The van der Waals surface area contributed by atoms with Crippen LogP contribution in [-0.2, 0) is 9.53 Å². The number of nitrogens with one attached hydrogen (secondary N) is 2. The summed E-state index contributed by atoms with van der Waals surface area (Å²) in [4.78, 5) is 29.9. The fourth-order valence-electron chi connectivity index (χ4n) is 2.76. The average molecular weight is 350 g/mol. The highest BCUT2D eigenvalue weighted by Crippen LogP contribution is 2.18. The zero-order valence-corrected chi connectivity index (χ0v) is 14.8. The first-order valence-corrected chi connectivity index (χ1v) is 8.59. The first-order valence-electron chi connectivity index (χ1n) is 8.59. The van der Waals surface area contributed by atoms with Gasteiger partial charge in [-0.3, -0.25) is 14.6 Å². The molecule has 0 unspecified atom stereocenters. The molecule has 1 aliphatic rings. The van der Waals surface area contributed by atoms with Crippen LogP contribution in [0.25, 0.3) is 0 Å². The first kappa shape index (κ1) is 18.8. The first-order chi connectivity index (χ1) is 12.2. The zero-order chi connectivity index (χ0) is 18.1. The smallest absolute Gasteiger partial charge is 0.309 e. The van der Waals surface area contributed by atoms with Gasteiger partial charge in [0.1, 0.15) is 0 Å². The number of piperidine rings is 1. The van der Waals surface area contributed by atoms with Crippen molar-refractivity contribution < 1.29 is 18.7 Å². The van der Waals surface area contributed by atoms with E-state index in [1.807, 2.05) is 6.92 Å². The lowest BCUT2D eigenvalue weighted by molar-refractivity contribution is -0.149. The highest BCUT2D eigenvalue weighted by molar-refractivity contribution is 5.91. The van der Waals surface area contributed by atoms with Gasteiger partial charge < -0.3 is 24.7 Å². The second kappa shape index (κ2) is 9.71. The summed E-state index contributed by atoms with van der Waals surface area (Å²) in [5, 5.41) is 6.00. The molecule has 0 spiro atoms. The number of hydrogen-bond donors (Lipinski definition) is 2. The number of guanidine groups is 1. The molecule has 1 saturated heterocycles. The lowest BCUT2D eigenvalue weighted by atomic mass is 9.97. The van der Waals surface area contributed by atoms with E-state index in [-0.39, 0.29) is 17.8 Å². The molecule has 0 saturated carbocycles. The molecule has 8 nitrogen and oxygen atoms in total. The maximum absolute atomic E-state index is 11.8. The molecule has 0 aliphatic carbocycles. The highest BCUT2D eigenvalue weighted by atomic mass is 16.5. The number of ether oxygens (including phenoxy) is 1.